The Hall–Kier alpha value is -0.430. The zero-order valence-corrected chi connectivity index (χ0v) is 13.2. The monoisotopic (exact) mass is 303 g/mol. The smallest absolute Gasteiger partial charge is 0.244 e. The lowest BCUT2D eigenvalue weighted by Crippen LogP contribution is -2.38. The van der Waals surface area contributed by atoms with Gasteiger partial charge in [-0.25, -0.2) is 8.42 Å². The predicted octanol–water partition coefficient (Wildman–Crippen LogP) is 2.36. The first-order chi connectivity index (χ1) is 8.89. The van der Waals surface area contributed by atoms with Gasteiger partial charge in [0.05, 0.1) is 11.5 Å². The van der Waals surface area contributed by atoms with Gasteiger partial charge in [-0.3, -0.25) is 0 Å². The fraction of sp³-hybridized carbons (Fsp3) is 0.692. The SMILES string of the molecule is Cc1csc(CO)c1S(=O)(=O)N1CCCC1C(C)C. The van der Waals surface area contributed by atoms with Gasteiger partial charge in [-0.05, 0) is 36.6 Å². The zero-order chi connectivity index (χ0) is 14.2. The van der Waals surface area contributed by atoms with Crippen LogP contribution < -0.4 is 0 Å². The molecular formula is C13H21NO3S2. The van der Waals surface area contributed by atoms with Crippen molar-refractivity contribution in [1.82, 2.24) is 4.31 Å². The number of aryl methyl sites for hydroxylation is 1. The number of hydrogen-bond donors (Lipinski definition) is 1. The summed E-state index contributed by atoms with van der Waals surface area (Å²) in [6, 6.07) is 0.0795. The van der Waals surface area contributed by atoms with E-state index < -0.39 is 10.0 Å². The van der Waals surface area contributed by atoms with E-state index in [1.165, 1.54) is 11.3 Å². The molecule has 1 unspecified atom stereocenters. The molecule has 0 spiro atoms. The Labute approximate surface area is 119 Å². The maximum Gasteiger partial charge on any atom is 0.244 e. The quantitative estimate of drug-likeness (QED) is 0.929. The summed E-state index contributed by atoms with van der Waals surface area (Å²) in [5.74, 6) is 0.314. The molecule has 1 aromatic heterocycles. The molecule has 0 saturated carbocycles. The molecule has 1 saturated heterocycles. The van der Waals surface area contributed by atoms with Crippen LogP contribution in [0.15, 0.2) is 10.3 Å². The average molecular weight is 303 g/mol. The molecule has 1 N–H and O–H groups in total. The van der Waals surface area contributed by atoms with E-state index in [4.69, 9.17) is 0 Å². The highest BCUT2D eigenvalue weighted by atomic mass is 32.2. The second-order valence-corrected chi connectivity index (χ2v) is 8.19. The summed E-state index contributed by atoms with van der Waals surface area (Å²) in [6.45, 7) is 6.29. The summed E-state index contributed by atoms with van der Waals surface area (Å²) in [5, 5.41) is 11.1. The van der Waals surface area contributed by atoms with Crippen LogP contribution in [-0.2, 0) is 16.6 Å². The largest absolute Gasteiger partial charge is 0.391 e. The normalized spacial score (nSPS) is 21.4. The van der Waals surface area contributed by atoms with E-state index in [1.807, 2.05) is 0 Å². The van der Waals surface area contributed by atoms with E-state index in [0.717, 1.165) is 18.4 Å². The van der Waals surface area contributed by atoms with E-state index in [2.05, 4.69) is 13.8 Å². The first kappa shape index (κ1) is 15.0. The predicted molar refractivity (Wildman–Crippen MR) is 76.7 cm³/mol. The van der Waals surface area contributed by atoms with Crippen LogP contribution in [0.4, 0.5) is 0 Å². The Morgan fingerprint density at radius 3 is 2.79 bits per heavy atom. The summed E-state index contributed by atoms with van der Waals surface area (Å²) in [4.78, 5) is 0.874. The van der Waals surface area contributed by atoms with E-state index >= 15 is 0 Å². The third-order valence-electron chi connectivity index (χ3n) is 3.72. The van der Waals surface area contributed by atoms with Crippen LogP contribution in [0, 0.1) is 12.8 Å². The van der Waals surface area contributed by atoms with Gasteiger partial charge in [-0.15, -0.1) is 11.3 Å². The molecule has 1 atom stereocenters. The van der Waals surface area contributed by atoms with E-state index in [0.29, 0.717) is 22.2 Å². The third-order valence-corrected chi connectivity index (χ3v) is 7.09. The van der Waals surface area contributed by atoms with Gasteiger partial charge in [-0.2, -0.15) is 4.31 Å². The van der Waals surface area contributed by atoms with Crippen LogP contribution in [0.5, 0.6) is 0 Å². The van der Waals surface area contributed by atoms with Crippen LogP contribution in [0.25, 0.3) is 0 Å². The molecule has 1 aliphatic heterocycles. The lowest BCUT2D eigenvalue weighted by atomic mass is 10.0. The first-order valence-corrected chi connectivity index (χ1v) is 8.91. The van der Waals surface area contributed by atoms with Gasteiger partial charge < -0.3 is 5.11 Å². The summed E-state index contributed by atoms with van der Waals surface area (Å²) in [6.07, 6.45) is 1.84. The highest BCUT2D eigenvalue weighted by Crippen LogP contribution is 2.35. The maximum absolute atomic E-state index is 12.8. The number of hydrogen-bond acceptors (Lipinski definition) is 4. The van der Waals surface area contributed by atoms with Gasteiger partial charge in [0, 0.05) is 12.6 Å². The molecule has 0 radical (unpaired) electrons. The Balaban J connectivity index is 2.45. The Kier molecular flexibility index (Phi) is 4.35. The van der Waals surface area contributed by atoms with Gasteiger partial charge in [0.25, 0.3) is 0 Å². The van der Waals surface area contributed by atoms with Crippen molar-refractivity contribution in [2.75, 3.05) is 6.54 Å². The van der Waals surface area contributed by atoms with Gasteiger partial charge in [0.1, 0.15) is 4.90 Å². The van der Waals surface area contributed by atoms with Crippen LogP contribution in [-0.4, -0.2) is 30.4 Å². The molecule has 6 heteroatoms. The van der Waals surface area contributed by atoms with Crippen molar-refractivity contribution in [3.63, 3.8) is 0 Å². The van der Waals surface area contributed by atoms with Gasteiger partial charge >= 0.3 is 0 Å². The Bertz CT molecular complexity index is 548. The second-order valence-electron chi connectivity index (χ2n) is 5.40. The first-order valence-electron chi connectivity index (χ1n) is 6.59. The minimum absolute atomic E-state index is 0.0795. The zero-order valence-electron chi connectivity index (χ0n) is 11.6. The van der Waals surface area contributed by atoms with Crippen molar-refractivity contribution >= 4 is 21.4 Å². The molecule has 1 aromatic rings. The van der Waals surface area contributed by atoms with Gasteiger partial charge in [0.15, 0.2) is 0 Å². The molecule has 108 valence electrons. The molecule has 0 aliphatic carbocycles. The van der Waals surface area contributed by atoms with Crippen molar-refractivity contribution in [2.24, 2.45) is 5.92 Å². The van der Waals surface area contributed by atoms with Crippen LogP contribution in [0.3, 0.4) is 0 Å². The molecule has 19 heavy (non-hydrogen) atoms. The Morgan fingerprint density at radius 1 is 1.53 bits per heavy atom. The van der Waals surface area contributed by atoms with Crippen molar-refractivity contribution in [3.8, 4) is 0 Å². The topological polar surface area (TPSA) is 57.6 Å². The molecule has 0 aromatic carbocycles. The van der Waals surface area contributed by atoms with Crippen LogP contribution >= 0.6 is 11.3 Å². The molecule has 2 rings (SSSR count). The van der Waals surface area contributed by atoms with Gasteiger partial charge in [0.2, 0.25) is 10.0 Å². The van der Waals surface area contributed by atoms with Crippen molar-refractivity contribution in [3.05, 3.63) is 15.8 Å². The lowest BCUT2D eigenvalue weighted by molar-refractivity contribution is 0.280. The maximum atomic E-state index is 12.8. The second kappa shape index (κ2) is 5.52. The third kappa shape index (κ3) is 2.59. The van der Waals surface area contributed by atoms with Crippen molar-refractivity contribution in [2.45, 2.75) is 51.2 Å². The summed E-state index contributed by atoms with van der Waals surface area (Å²) in [7, 11) is -3.48. The van der Waals surface area contributed by atoms with Crippen molar-refractivity contribution in [1.29, 1.82) is 0 Å². The summed E-state index contributed by atoms with van der Waals surface area (Å²) in [5.41, 5.74) is 0.739. The molecular weight excluding hydrogens is 282 g/mol. The standard InChI is InChI=1S/C13H21NO3S2/c1-9(2)11-5-4-6-14(11)19(16,17)13-10(3)8-18-12(13)7-15/h8-9,11,15H,4-7H2,1-3H3. The van der Waals surface area contributed by atoms with E-state index in [-0.39, 0.29) is 12.6 Å². The number of nitrogens with zero attached hydrogens (tertiary/aromatic N) is 1. The highest BCUT2D eigenvalue weighted by molar-refractivity contribution is 7.89. The number of thiophene rings is 1. The fourth-order valence-corrected chi connectivity index (χ4v) is 6.23. The van der Waals surface area contributed by atoms with E-state index in [1.54, 1.807) is 16.6 Å². The molecule has 4 nitrogen and oxygen atoms in total. The molecule has 1 fully saturated rings. The number of aliphatic hydroxyl groups excluding tert-OH is 1. The molecule has 2 heterocycles. The minimum atomic E-state index is -3.48. The lowest BCUT2D eigenvalue weighted by Gasteiger charge is -2.27. The van der Waals surface area contributed by atoms with E-state index in [9.17, 15) is 13.5 Å². The number of sulfonamides is 1. The molecule has 0 bridgehead atoms. The fourth-order valence-electron chi connectivity index (χ4n) is 2.79. The van der Waals surface area contributed by atoms with Crippen molar-refractivity contribution < 1.29 is 13.5 Å². The Morgan fingerprint density at radius 2 is 2.21 bits per heavy atom. The summed E-state index contributed by atoms with van der Waals surface area (Å²) >= 11 is 1.32. The molecule has 0 amide bonds. The van der Waals surface area contributed by atoms with Crippen LogP contribution in [0.2, 0.25) is 0 Å². The highest BCUT2D eigenvalue weighted by Gasteiger charge is 2.38. The average Bonchev–Trinajstić information content (AvgIpc) is 2.94. The molecule has 1 aliphatic rings. The summed E-state index contributed by atoms with van der Waals surface area (Å²) < 4.78 is 27.3. The van der Waals surface area contributed by atoms with Gasteiger partial charge in [-0.1, -0.05) is 13.8 Å². The number of aliphatic hydroxyl groups is 1. The van der Waals surface area contributed by atoms with Crippen LogP contribution in [0.1, 0.15) is 37.1 Å². The number of rotatable bonds is 4. The minimum Gasteiger partial charge on any atom is -0.391 e.